The van der Waals surface area contributed by atoms with Crippen LogP contribution in [0.3, 0.4) is 0 Å². The fraction of sp³-hybridized carbons (Fsp3) is 0.769. The topological polar surface area (TPSA) is 20.3 Å². The molecule has 0 radical (unpaired) electrons. The monoisotopic (exact) mass is 517 g/mol. The van der Waals surface area contributed by atoms with Gasteiger partial charge in [0.15, 0.2) is 0 Å². The first kappa shape index (κ1) is 30.0. The molecule has 0 aliphatic heterocycles. The molecule has 0 aliphatic carbocycles. The van der Waals surface area contributed by atoms with E-state index in [-0.39, 0.29) is 13.1 Å². The highest BCUT2D eigenvalue weighted by Crippen LogP contribution is 2.63. The number of likely N-dealkylation sites (N-methyl/N-ethyl adjacent to an activating group) is 1. The first-order valence-electron chi connectivity index (χ1n) is 7.20. The van der Waals surface area contributed by atoms with Crippen molar-refractivity contribution in [1.82, 2.24) is 4.90 Å². The maximum absolute atomic E-state index is 13.5. The minimum absolute atomic E-state index is 0.0922. The molecule has 0 unspecified atom stereocenters. The third-order valence-corrected chi connectivity index (χ3v) is 3.77. The quantitative estimate of drug-likeness (QED) is 0.287. The average Bonchev–Trinajstić information content (AvgIpc) is 2.58. The smallest absolute Gasteiger partial charge is 0.336 e. The molecule has 0 heterocycles. The summed E-state index contributed by atoms with van der Waals surface area (Å²) < 4.78 is 221. The van der Waals surface area contributed by atoms with Crippen LogP contribution in [0.25, 0.3) is 0 Å². The predicted molar refractivity (Wildman–Crippen MR) is 68.5 cm³/mol. The van der Waals surface area contributed by atoms with Crippen LogP contribution in [0.4, 0.5) is 74.6 Å². The van der Waals surface area contributed by atoms with Crippen molar-refractivity contribution in [2.45, 2.75) is 47.6 Å². The van der Waals surface area contributed by atoms with Crippen molar-refractivity contribution in [2.24, 2.45) is 0 Å². The molecular formula is C13H8F17NO. The number of nitrogens with zero attached hydrogens (tertiary/aromatic N) is 1. The van der Waals surface area contributed by atoms with Gasteiger partial charge >= 0.3 is 47.6 Å². The lowest BCUT2D eigenvalue weighted by Crippen LogP contribution is -2.75. The van der Waals surface area contributed by atoms with E-state index >= 15 is 0 Å². The van der Waals surface area contributed by atoms with Gasteiger partial charge in [-0.2, -0.15) is 74.6 Å². The zero-order valence-electron chi connectivity index (χ0n) is 14.8. The molecule has 0 atom stereocenters. The van der Waals surface area contributed by atoms with E-state index < -0.39 is 65.0 Å². The second kappa shape index (κ2) is 7.81. The van der Waals surface area contributed by atoms with Crippen LogP contribution in [0.5, 0.6) is 0 Å². The second-order valence-corrected chi connectivity index (χ2v) is 6.05. The molecule has 190 valence electrons. The first-order chi connectivity index (χ1) is 13.6. The number of hydrogen-bond donors (Lipinski definition) is 0. The number of alkyl halides is 17. The van der Waals surface area contributed by atoms with Gasteiger partial charge in [0.2, 0.25) is 5.91 Å². The molecule has 32 heavy (non-hydrogen) atoms. The van der Waals surface area contributed by atoms with Crippen molar-refractivity contribution < 1.29 is 79.4 Å². The van der Waals surface area contributed by atoms with Crippen LogP contribution in [-0.4, -0.2) is 72.0 Å². The van der Waals surface area contributed by atoms with Crippen molar-refractivity contribution in [3.63, 3.8) is 0 Å². The standard InChI is InChI=1S/C13H8F17NO/c1-3-5(32)31(2)4-6(14,15)7(16,17)8(18,19)9(20,21)10(22,23)11(24,25)12(26,27)13(28,29)30/h3H,1,4H2,2H3. The molecule has 0 N–H and O–H groups in total. The maximum atomic E-state index is 13.5. The molecule has 0 bridgehead atoms. The molecular weight excluding hydrogens is 509 g/mol. The number of halogens is 17. The van der Waals surface area contributed by atoms with E-state index in [1.54, 1.807) is 0 Å². The van der Waals surface area contributed by atoms with Crippen molar-refractivity contribution in [2.75, 3.05) is 13.6 Å². The van der Waals surface area contributed by atoms with Crippen LogP contribution in [-0.2, 0) is 4.79 Å². The molecule has 0 aromatic heterocycles. The summed E-state index contributed by atoms with van der Waals surface area (Å²) in [6.07, 6.45) is -7.71. The number of carbonyl (C=O) groups is 1. The zero-order chi connectivity index (χ0) is 26.6. The Hall–Kier alpha value is -1.98. The molecule has 0 saturated heterocycles. The van der Waals surface area contributed by atoms with Gasteiger partial charge in [-0.1, -0.05) is 6.58 Å². The summed E-state index contributed by atoms with van der Waals surface area (Å²) in [4.78, 5) is 10.3. The molecule has 0 fully saturated rings. The molecule has 0 aromatic carbocycles. The Balaban J connectivity index is 6.65. The van der Waals surface area contributed by atoms with Crippen molar-refractivity contribution in [3.05, 3.63) is 12.7 Å². The molecule has 0 spiro atoms. The van der Waals surface area contributed by atoms with E-state index in [1.165, 1.54) is 0 Å². The predicted octanol–water partition coefficient (Wildman–Crippen LogP) is 5.64. The summed E-state index contributed by atoms with van der Waals surface area (Å²) in [6, 6.07) is 0. The zero-order valence-corrected chi connectivity index (χ0v) is 14.8. The Labute approximate surface area is 165 Å². The lowest BCUT2D eigenvalue weighted by atomic mass is 9.89. The Morgan fingerprint density at radius 3 is 1.19 bits per heavy atom. The van der Waals surface area contributed by atoms with E-state index in [0.717, 1.165) is 0 Å². The van der Waals surface area contributed by atoms with Crippen molar-refractivity contribution in [3.8, 4) is 0 Å². The van der Waals surface area contributed by atoms with E-state index in [0.29, 0.717) is 0 Å². The fourth-order valence-electron chi connectivity index (χ4n) is 1.83. The fourth-order valence-corrected chi connectivity index (χ4v) is 1.83. The third kappa shape index (κ3) is 3.94. The van der Waals surface area contributed by atoms with Gasteiger partial charge in [-0.3, -0.25) is 4.79 Å². The molecule has 0 aromatic rings. The Bertz CT molecular complexity index is 722. The van der Waals surface area contributed by atoms with Gasteiger partial charge < -0.3 is 4.90 Å². The molecule has 1 amide bonds. The van der Waals surface area contributed by atoms with Crippen LogP contribution < -0.4 is 0 Å². The van der Waals surface area contributed by atoms with Gasteiger partial charge in [-0.25, -0.2) is 0 Å². The van der Waals surface area contributed by atoms with Gasteiger partial charge in [0.25, 0.3) is 0 Å². The highest BCUT2D eigenvalue weighted by atomic mass is 19.4. The molecule has 19 heteroatoms. The molecule has 2 nitrogen and oxygen atoms in total. The Morgan fingerprint density at radius 1 is 0.625 bits per heavy atom. The number of amides is 1. The highest BCUT2D eigenvalue weighted by Gasteiger charge is 2.95. The largest absolute Gasteiger partial charge is 0.460 e. The normalized spacial score (nSPS) is 15.6. The summed E-state index contributed by atoms with van der Waals surface area (Å²) in [6.45, 7) is -0.334. The molecule has 0 saturated carbocycles. The Kier molecular flexibility index (Phi) is 7.32. The van der Waals surface area contributed by atoms with Gasteiger partial charge in [-0.05, 0) is 6.08 Å². The Morgan fingerprint density at radius 2 is 0.906 bits per heavy atom. The third-order valence-electron chi connectivity index (χ3n) is 3.77. The lowest BCUT2D eigenvalue weighted by molar-refractivity contribution is -0.461. The van der Waals surface area contributed by atoms with Crippen molar-refractivity contribution in [1.29, 1.82) is 0 Å². The van der Waals surface area contributed by atoms with Crippen LogP contribution in [0.15, 0.2) is 12.7 Å². The molecule has 0 rings (SSSR count). The van der Waals surface area contributed by atoms with E-state index in [9.17, 15) is 79.4 Å². The summed E-state index contributed by atoms with van der Waals surface area (Å²) >= 11 is 0. The average molecular weight is 517 g/mol. The number of rotatable bonds is 9. The second-order valence-electron chi connectivity index (χ2n) is 6.05. The number of hydrogen-bond acceptors (Lipinski definition) is 1. The van der Waals surface area contributed by atoms with Crippen LogP contribution in [0.1, 0.15) is 0 Å². The first-order valence-corrected chi connectivity index (χ1v) is 7.20. The van der Waals surface area contributed by atoms with Gasteiger partial charge in [0.05, 0.1) is 6.54 Å². The summed E-state index contributed by atoms with van der Waals surface area (Å²) in [7, 11) is 0.150. The maximum Gasteiger partial charge on any atom is 0.460 e. The van der Waals surface area contributed by atoms with E-state index in [4.69, 9.17) is 0 Å². The minimum Gasteiger partial charge on any atom is -0.336 e. The number of carbonyl (C=O) groups excluding carboxylic acids is 1. The summed E-state index contributed by atoms with van der Waals surface area (Å²) in [5, 5.41) is 0. The highest BCUT2D eigenvalue weighted by molar-refractivity contribution is 5.86. The minimum atomic E-state index is -8.68. The van der Waals surface area contributed by atoms with Crippen molar-refractivity contribution >= 4 is 5.91 Å². The lowest BCUT2D eigenvalue weighted by Gasteiger charge is -2.43. The van der Waals surface area contributed by atoms with Crippen LogP contribution in [0.2, 0.25) is 0 Å². The summed E-state index contributed by atoms with van der Waals surface area (Å²) in [5.74, 6) is -58.6. The van der Waals surface area contributed by atoms with Crippen LogP contribution >= 0.6 is 0 Å². The summed E-state index contributed by atoms with van der Waals surface area (Å²) in [5.41, 5.74) is 0. The van der Waals surface area contributed by atoms with Crippen LogP contribution in [0, 0.1) is 0 Å². The van der Waals surface area contributed by atoms with E-state index in [2.05, 4.69) is 6.58 Å². The SMILES string of the molecule is C=CC(=O)N(C)CC(F)(F)C(F)(F)C(F)(F)C(F)(F)C(F)(F)C(F)(F)C(F)(F)C(F)(F)F. The van der Waals surface area contributed by atoms with E-state index in [1.807, 2.05) is 0 Å². The van der Waals surface area contributed by atoms with Gasteiger partial charge in [0, 0.05) is 7.05 Å². The molecule has 0 aliphatic rings. The van der Waals surface area contributed by atoms with Gasteiger partial charge in [0.1, 0.15) is 0 Å². The van der Waals surface area contributed by atoms with Gasteiger partial charge in [-0.15, -0.1) is 0 Å².